The SMILES string of the molecule is CC.CN(N)/N=C(\N)c1cccc(C2=CC3(CCNCC3)Oc3ccccc32)c1. The topological polar surface area (TPSA) is 88.9 Å². The molecule has 0 radical (unpaired) electrons. The fraction of sp³-hybridized carbons (Fsp3) is 0.348. The van der Waals surface area contributed by atoms with Gasteiger partial charge in [0.15, 0.2) is 5.84 Å². The number of benzene rings is 2. The summed E-state index contributed by atoms with van der Waals surface area (Å²) in [5.41, 5.74) is 10.1. The highest BCUT2D eigenvalue weighted by Gasteiger charge is 2.36. The highest BCUT2D eigenvalue weighted by molar-refractivity contribution is 5.98. The zero-order chi connectivity index (χ0) is 20.9. The van der Waals surface area contributed by atoms with Gasteiger partial charge >= 0.3 is 0 Å². The summed E-state index contributed by atoms with van der Waals surface area (Å²) >= 11 is 0. The number of hydrazone groups is 1. The van der Waals surface area contributed by atoms with Crippen molar-refractivity contribution in [1.82, 2.24) is 10.4 Å². The lowest BCUT2D eigenvalue weighted by Gasteiger charge is -2.40. The zero-order valence-corrected chi connectivity index (χ0v) is 17.5. The third-order valence-corrected chi connectivity index (χ3v) is 5.08. The van der Waals surface area contributed by atoms with Crippen molar-refractivity contribution in [1.29, 1.82) is 0 Å². The van der Waals surface area contributed by atoms with E-state index in [-0.39, 0.29) is 5.60 Å². The summed E-state index contributed by atoms with van der Waals surface area (Å²) in [6.07, 6.45) is 4.19. The summed E-state index contributed by atoms with van der Waals surface area (Å²) in [5.74, 6) is 6.92. The first-order valence-electron chi connectivity index (χ1n) is 10.2. The van der Waals surface area contributed by atoms with E-state index < -0.39 is 0 Å². The Kier molecular flexibility index (Phi) is 6.56. The van der Waals surface area contributed by atoms with Crippen LogP contribution in [0, 0.1) is 0 Å². The van der Waals surface area contributed by atoms with Crippen molar-refractivity contribution in [3.63, 3.8) is 0 Å². The van der Waals surface area contributed by atoms with E-state index in [1.165, 1.54) is 10.7 Å². The van der Waals surface area contributed by atoms with Crippen molar-refractivity contribution in [2.45, 2.75) is 32.3 Å². The quantitative estimate of drug-likeness (QED) is 0.323. The van der Waals surface area contributed by atoms with Crippen molar-refractivity contribution >= 4 is 11.4 Å². The summed E-state index contributed by atoms with van der Waals surface area (Å²) < 4.78 is 6.45. The Morgan fingerprint density at radius 2 is 1.83 bits per heavy atom. The molecule has 2 aromatic carbocycles. The van der Waals surface area contributed by atoms with Gasteiger partial charge in [0.1, 0.15) is 11.4 Å². The molecule has 0 bridgehead atoms. The van der Waals surface area contributed by atoms with Gasteiger partial charge in [-0.2, -0.15) is 0 Å². The van der Waals surface area contributed by atoms with Crippen LogP contribution < -0.4 is 21.6 Å². The van der Waals surface area contributed by atoms with Crippen molar-refractivity contribution < 1.29 is 4.74 Å². The number of ether oxygens (including phenoxy) is 1. The first-order chi connectivity index (χ1) is 14.1. The van der Waals surface area contributed by atoms with Gasteiger partial charge in [-0.3, -0.25) is 0 Å². The van der Waals surface area contributed by atoms with Gasteiger partial charge in [-0.1, -0.05) is 50.2 Å². The molecule has 1 saturated heterocycles. The Bertz CT molecular complexity index is 898. The number of piperidine rings is 1. The van der Waals surface area contributed by atoms with Crippen molar-refractivity contribution in [3.8, 4) is 5.75 Å². The number of fused-ring (bicyclic) bond motifs is 1. The monoisotopic (exact) mass is 393 g/mol. The second-order valence-electron chi connectivity index (χ2n) is 7.11. The predicted molar refractivity (Wildman–Crippen MR) is 119 cm³/mol. The van der Waals surface area contributed by atoms with Crippen LogP contribution in [0.4, 0.5) is 0 Å². The molecule has 29 heavy (non-hydrogen) atoms. The van der Waals surface area contributed by atoms with E-state index in [2.05, 4.69) is 40.8 Å². The Morgan fingerprint density at radius 1 is 1.10 bits per heavy atom. The molecule has 2 aromatic rings. The Labute approximate surface area is 173 Å². The molecular formula is C23H31N5O. The number of hydrazine groups is 1. The Balaban J connectivity index is 0.00000117. The molecule has 0 unspecified atom stereocenters. The number of nitrogens with zero attached hydrogens (tertiary/aromatic N) is 2. The van der Waals surface area contributed by atoms with Crippen molar-refractivity contribution in [3.05, 3.63) is 71.3 Å². The Hall–Kier alpha value is -2.83. The molecular weight excluding hydrogens is 362 g/mol. The van der Waals surface area contributed by atoms with Crippen LogP contribution >= 0.6 is 0 Å². The number of hydrogen-bond donors (Lipinski definition) is 3. The lowest BCUT2D eigenvalue weighted by atomic mass is 9.83. The third kappa shape index (κ3) is 4.60. The van der Waals surface area contributed by atoms with Crippen LogP contribution in [0.25, 0.3) is 5.57 Å². The molecule has 2 aliphatic rings. The van der Waals surface area contributed by atoms with Crippen LogP contribution in [0.5, 0.6) is 5.75 Å². The molecule has 2 heterocycles. The van der Waals surface area contributed by atoms with Crippen LogP contribution in [0.3, 0.4) is 0 Å². The van der Waals surface area contributed by atoms with E-state index in [4.69, 9.17) is 16.3 Å². The highest BCUT2D eigenvalue weighted by Crippen LogP contribution is 2.42. The number of nitrogens with two attached hydrogens (primary N) is 2. The van der Waals surface area contributed by atoms with Gasteiger partial charge in [-0.15, -0.1) is 5.10 Å². The van der Waals surface area contributed by atoms with Crippen LogP contribution in [-0.2, 0) is 0 Å². The van der Waals surface area contributed by atoms with E-state index in [0.29, 0.717) is 5.84 Å². The van der Waals surface area contributed by atoms with Gasteiger partial charge < -0.3 is 15.8 Å². The molecule has 0 aliphatic carbocycles. The lowest BCUT2D eigenvalue weighted by Crippen LogP contribution is -2.46. The molecule has 1 spiro atoms. The number of amidine groups is 1. The number of hydrogen-bond acceptors (Lipinski definition) is 5. The van der Waals surface area contributed by atoms with Crippen LogP contribution in [-0.4, -0.2) is 36.7 Å². The summed E-state index contributed by atoms with van der Waals surface area (Å²) in [6, 6.07) is 16.3. The summed E-state index contributed by atoms with van der Waals surface area (Å²) in [4.78, 5) is 0. The van der Waals surface area contributed by atoms with Gasteiger partial charge in [0.25, 0.3) is 0 Å². The largest absolute Gasteiger partial charge is 0.482 e. The molecule has 0 atom stereocenters. The standard InChI is InChI=1S/C21H25N5O.C2H6/c1-26(23)25-20(22)16-6-4-5-15(13-16)18-14-21(9-11-24-12-10-21)27-19-8-3-2-7-17(18)19;1-2/h2-8,13-14,24H,9-12,23H2,1H3,(H2,22,25);1-2H3. The van der Waals surface area contributed by atoms with Crippen LogP contribution in [0.2, 0.25) is 0 Å². The van der Waals surface area contributed by atoms with Gasteiger partial charge in [0.05, 0.1) is 0 Å². The molecule has 6 nitrogen and oxygen atoms in total. The molecule has 0 aromatic heterocycles. The molecule has 2 aliphatic heterocycles. The van der Waals surface area contributed by atoms with E-state index in [9.17, 15) is 0 Å². The minimum Gasteiger partial charge on any atom is -0.482 e. The fourth-order valence-corrected chi connectivity index (χ4v) is 3.78. The van der Waals surface area contributed by atoms with Crippen molar-refractivity contribution in [2.24, 2.45) is 16.7 Å². The predicted octanol–water partition coefficient (Wildman–Crippen LogP) is 3.08. The summed E-state index contributed by atoms with van der Waals surface area (Å²) in [5, 5.41) is 8.75. The van der Waals surface area contributed by atoms with E-state index in [0.717, 1.165) is 48.4 Å². The van der Waals surface area contributed by atoms with Crippen molar-refractivity contribution in [2.75, 3.05) is 20.1 Å². The maximum absolute atomic E-state index is 6.45. The second kappa shape index (κ2) is 9.11. The highest BCUT2D eigenvalue weighted by atomic mass is 16.5. The summed E-state index contributed by atoms with van der Waals surface area (Å²) in [6.45, 7) is 5.91. The zero-order valence-electron chi connectivity index (χ0n) is 17.5. The van der Waals surface area contributed by atoms with Gasteiger partial charge in [0.2, 0.25) is 0 Å². The minimum atomic E-state index is -0.262. The number of rotatable bonds is 3. The number of para-hydroxylation sites is 1. The molecule has 5 N–H and O–H groups in total. The minimum absolute atomic E-state index is 0.262. The van der Waals surface area contributed by atoms with E-state index >= 15 is 0 Å². The van der Waals surface area contributed by atoms with E-state index in [1.54, 1.807) is 7.05 Å². The summed E-state index contributed by atoms with van der Waals surface area (Å²) in [7, 11) is 1.65. The molecule has 154 valence electrons. The molecule has 1 fully saturated rings. The van der Waals surface area contributed by atoms with Gasteiger partial charge in [0, 0.05) is 31.0 Å². The Morgan fingerprint density at radius 3 is 2.55 bits per heavy atom. The lowest BCUT2D eigenvalue weighted by molar-refractivity contribution is 0.0817. The normalized spacial score (nSPS) is 17.4. The molecule has 4 rings (SSSR count). The first kappa shape index (κ1) is 20.9. The number of nitrogens with one attached hydrogen (secondary N) is 1. The average molecular weight is 394 g/mol. The maximum atomic E-state index is 6.45. The second-order valence-corrected chi connectivity index (χ2v) is 7.11. The fourth-order valence-electron chi connectivity index (χ4n) is 3.78. The molecule has 6 heteroatoms. The molecule has 0 amide bonds. The average Bonchev–Trinajstić information content (AvgIpc) is 2.75. The first-order valence-corrected chi connectivity index (χ1v) is 10.2. The van der Waals surface area contributed by atoms with E-state index in [1.807, 2.05) is 38.1 Å². The van der Waals surface area contributed by atoms with Crippen LogP contribution in [0.1, 0.15) is 43.4 Å². The smallest absolute Gasteiger partial charge is 0.152 e. The third-order valence-electron chi connectivity index (χ3n) is 5.08. The van der Waals surface area contributed by atoms with Crippen LogP contribution in [0.15, 0.2) is 59.7 Å². The maximum Gasteiger partial charge on any atom is 0.152 e. The van der Waals surface area contributed by atoms with Gasteiger partial charge in [-0.05, 0) is 42.4 Å². The molecule has 0 saturated carbocycles. The van der Waals surface area contributed by atoms with Gasteiger partial charge in [-0.25, -0.2) is 11.0 Å².